The Balaban J connectivity index is 1.82. The number of aromatic nitrogens is 2. The highest BCUT2D eigenvalue weighted by atomic mass is 16.5. The summed E-state index contributed by atoms with van der Waals surface area (Å²) in [6.07, 6.45) is 2.10. The Kier molecular flexibility index (Phi) is 2.60. The number of benzene rings is 1. The molecule has 1 aromatic carbocycles. The summed E-state index contributed by atoms with van der Waals surface area (Å²) in [6, 6.07) is 6.73. The van der Waals surface area contributed by atoms with Crippen LogP contribution >= 0.6 is 0 Å². The Labute approximate surface area is 118 Å². The highest BCUT2D eigenvalue weighted by Gasteiger charge is 2.27. The molecule has 1 aromatic heterocycles. The quantitative estimate of drug-likeness (QED) is 0.841. The van der Waals surface area contributed by atoms with Crippen LogP contribution in [0.2, 0.25) is 0 Å². The van der Waals surface area contributed by atoms with Crippen molar-refractivity contribution in [2.24, 2.45) is 0 Å². The zero-order chi connectivity index (χ0) is 13.7. The molecular formula is C16H18N2O2. The standard InChI is InChI=1S/C16H18N2O2/c1-10(2)13-4-3-5-14-15-11(7-20-16(13)14)6-18(17-15)12-8-19-9-12/h3-6,10,12H,7-9H2,1-2H3. The van der Waals surface area contributed by atoms with Crippen molar-refractivity contribution in [3.8, 4) is 17.0 Å². The lowest BCUT2D eigenvalue weighted by molar-refractivity contribution is -0.0285. The predicted molar refractivity (Wildman–Crippen MR) is 75.9 cm³/mol. The molecule has 3 heterocycles. The van der Waals surface area contributed by atoms with E-state index in [1.54, 1.807) is 0 Å². The fourth-order valence-corrected chi connectivity index (χ4v) is 2.83. The van der Waals surface area contributed by atoms with Crippen LogP contribution < -0.4 is 4.74 Å². The molecule has 4 nitrogen and oxygen atoms in total. The van der Waals surface area contributed by atoms with Gasteiger partial charge in [-0.05, 0) is 17.5 Å². The van der Waals surface area contributed by atoms with Crippen molar-refractivity contribution in [1.29, 1.82) is 0 Å². The van der Waals surface area contributed by atoms with E-state index >= 15 is 0 Å². The number of ether oxygens (including phenoxy) is 2. The van der Waals surface area contributed by atoms with E-state index in [0.29, 0.717) is 18.6 Å². The fraction of sp³-hybridized carbons (Fsp3) is 0.438. The number of rotatable bonds is 2. The molecular weight excluding hydrogens is 252 g/mol. The average Bonchev–Trinajstić information content (AvgIpc) is 2.79. The van der Waals surface area contributed by atoms with Crippen molar-refractivity contribution in [3.05, 3.63) is 35.5 Å². The Morgan fingerprint density at radius 3 is 2.85 bits per heavy atom. The lowest BCUT2D eigenvalue weighted by Crippen LogP contribution is -2.30. The molecule has 0 amide bonds. The van der Waals surface area contributed by atoms with Crippen molar-refractivity contribution in [2.75, 3.05) is 13.2 Å². The van der Waals surface area contributed by atoms with Gasteiger partial charge in [-0.1, -0.05) is 26.0 Å². The molecule has 1 fully saturated rings. The maximum atomic E-state index is 6.00. The summed E-state index contributed by atoms with van der Waals surface area (Å²) in [4.78, 5) is 0. The Morgan fingerprint density at radius 2 is 2.15 bits per heavy atom. The van der Waals surface area contributed by atoms with Crippen LogP contribution in [0.4, 0.5) is 0 Å². The molecule has 1 saturated heterocycles. The van der Waals surface area contributed by atoms with E-state index in [1.807, 2.05) is 4.68 Å². The van der Waals surface area contributed by atoms with Gasteiger partial charge in [0.25, 0.3) is 0 Å². The first kappa shape index (κ1) is 12.0. The minimum absolute atomic E-state index is 0.386. The zero-order valence-electron chi connectivity index (χ0n) is 11.8. The van der Waals surface area contributed by atoms with Gasteiger partial charge in [-0.15, -0.1) is 0 Å². The summed E-state index contributed by atoms with van der Waals surface area (Å²) in [5.74, 6) is 1.46. The monoisotopic (exact) mass is 270 g/mol. The summed E-state index contributed by atoms with van der Waals surface area (Å²) in [7, 11) is 0. The van der Waals surface area contributed by atoms with Gasteiger partial charge < -0.3 is 9.47 Å². The maximum Gasteiger partial charge on any atom is 0.132 e. The molecule has 4 rings (SSSR count). The Bertz CT molecular complexity index is 656. The second-order valence-corrected chi connectivity index (χ2v) is 5.84. The van der Waals surface area contributed by atoms with Gasteiger partial charge in [0.2, 0.25) is 0 Å². The van der Waals surface area contributed by atoms with Gasteiger partial charge in [-0.25, -0.2) is 0 Å². The number of hydrogen-bond acceptors (Lipinski definition) is 3. The molecule has 2 aromatic rings. The first-order chi connectivity index (χ1) is 9.74. The smallest absolute Gasteiger partial charge is 0.132 e. The van der Waals surface area contributed by atoms with Crippen molar-refractivity contribution < 1.29 is 9.47 Å². The lowest BCUT2D eigenvalue weighted by Gasteiger charge is -2.25. The van der Waals surface area contributed by atoms with Gasteiger partial charge in [0.15, 0.2) is 0 Å². The number of para-hydroxylation sites is 1. The van der Waals surface area contributed by atoms with Crippen LogP contribution in [0, 0.1) is 0 Å². The molecule has 0 N–H and O–H groups in total. The number of hydrogen-bond donors (Lipinski definition) is 0. The molecule has 0 aliphatic carbocycles. The summed E-state index contributed by atoms with van der Waals surface area (Å²) in [6.45, 7) is 6.53. The van der Waals surface area contributed by atoms with Gasteiger partial charge in [0.1, 0.15) is 18.1 Å². The van der Waals surface area contributed by atoms with Crippen LogP contribution in [0.15, 0.2) is 24.4 Å². The molecule has 0 atom stereocenters. The summed E-state index contributed by atoms with van der Waals surface area (Å²) >= 11 is 0. The van der Waals surface area contributed by atoms with Crippen LogP contribution in [-0.2, 0) is 11.3 Å². The molecule has 2 aliphatic heterocycles. The van der Waals surface area contributed by atoms with Gasteiger partial charge in [-0.2, -0.15) is 5.10 Å². The third-order valence-corrected chi connectivity index (χ3v) is 4.10. The van der Waals surface area contributed by atoms with Crippen LogP contribution in [0.3, 0.4) is 0 Å². The normalized spacial score (nSPS) is 17.4. The van der Waals surface area contributed by atoms with E-state index < -0.39 is 0 Å². The molecule has 104 valence electrons. The van der Waals surface area contributed by atoms with Crippen molar-refractivity contribution in [2.45, 2.75) is 32.4 Å². The fourth-order valence-electron chi connectivity index (χ4n) is 2.83. The van der Waals surface area contributed by atoms with Crippen molar-refractivity contribution in [3.63, 3.8) is 0 Å². The van der Waals surface area contributed by atoms with Crippen LogP contribution in [0.1, 0.15) is 36.9 Å². The highest BCUT2D eigenvalue weighted by Crippen LogP contribution is 2.41. The van der Waals surface area contributed by atoms with Crippen molar-refractivity contribution >= 4 is 0 Å². The lowest BCUT2D eigenvalue weighted by atomic mass is 9.95. The van der Waals surface area contributed by atoms with E-state index in [4.69, 9.17) is 14.6 Å². The van der Waals surface area contributed by atoms with Crippen molar-refractivity contribution in [1.82, 2.24) is 9.78 Å². The first-order valence-electron chi connectivity index (χ1n) is 7.16. The molecule has 0 spiro atoms. The summed E-state index contributed by atoms with van der Waals surface area (Å²) < 4.78 is 13.3. The zero-order valence-corrected chi connectivity index (χ0v) is 11.8. The SMILES string of the molecule is CC(C)c1cccc2c1OCc1cn(C3COC3)nc1-2. The largest absolute Gasteiger partial charge is 0.488 e. The predicted octanol–water partition coefficient (Wildman–Crippen LogP) is 3.14. The van der Waals surface area contributed by atoms with Gasteiger partial charge >= 0.3 is 0 Å². The second kappa shape index (κ2) is 4.35. The maximum absolute atomic E-state index is 6.00. The molecule has 0 unspecified atom stereocenters. The molecule has 4 heteroatoms. The Hall–Kier alpha value is -1.81. The highest BCUT2D eigenvalue weighted by molar-refractivity contribution is 5.73. The molecule has 0 bridgehead atoms. The first-order valence-corrected chi connectivity index (χ1v) is 7.16. The average molecular weight is 270 g/mol. The molecule has 0 saturated carbocycles. The van der Waals surface area contributed by atoms with Gasteiger partial charge in [0, 0.05) is 17.3 Å². The van der Waals surface area contributed by atoms with Gasteiger partial charge in [0.05, 0.1) is 19.3 Å². The number of fused-ring (bicyclic) bond motifs is 3. The third-order valence-electron chi connectivity index (χ3n) is 4.10. The van der Waals surface area contributed by atoms with E-state index in [0.717, 1.165) is 30.2 Å². The van der Waals surface area contributed by atoms with Gasteiger partial charge in [-0.3, -0.25) is 4.68 Å². The summed E-state index contributed by atoms with van der Waals surface area (Å²) in [5, 5.41) is 4.77. The molecule has 20 heavy (non-hydrogen) atoms. The van der Waals surface area contributed by atoms with Crippen LogP contribution in [-0.4, -0.2) is 23.0 Å². The molecule has 0 radical (unpaired) electrons. The topological polar surface area (TPSA) is 36.3 Å². The number of nitrogens with zero attached hydrogens (tertiary/aromatic N) is 2. The Morgan fingerprint density at radius 1 is 1.30 bits per heavy atom. The van der Waals surface area contributed by atoms with Crippen LogP contribution in [0.5, 0.6) is 5.75 Å². The third kappa shape index (κ3) is 1.68. The van der Waals surface area contributed by atoms with E-state index in [2.05, 4.69) is 38.2 Å². The van der Waals surface area contributed by atoms with E-state index in [1.165, 1.54) is 11.1 Å². The van der Waals surface area contributed by atoms with Crippen LogP contribution in [0.25, 0.3) is 11.3 Å². The van der Waals surface area contributed by atoms with E-state index in [-0.39, 0.29) is 0 Å². The minimum Gasteiger partial charge on any atom is -0.488 e. The van der Waals surface area contributed by atoms with E-state index in [9.17, 15) is 0 Å². The molecule has 2 aliphatic rings. The minimum atomic E-state index is 0.386. The second-order valence-electron chi connectivity index (χ2n) is 5.84. The summed E-state index contributed by atoms with van der Waals surface area (Å²) in [5.41, 5.74) is 4.62.